The molecule has 0 saturated carbocycles. The number of nitrogens with two attached hydrogens (primary N) is 1. The quantitative estimate of drug-likeness (QED) is 0.572. The van der Waals surface area contributed by atoms with Crippen LogP contribution in [0.1, 0.15) is 6.92 Å². The van der Waals surface area contributed by atoms with Crippen molar-refractivity contribution in [2.24, 2.45) is 5.73 Å². The van der Waals surface area contributed by atoms with Gasteiger partial charge in [0.1, 0.15) is 0 Å². The van der Waals surface area contributed by atoms with Gasteiger partial charge in [-0.15, -0.1) is 0 Å². The van der Waals surface area contributed by atoms with Crippen LogP contribution in [0.5, 0.6) is 0 Å². The molecule has 1 atom stereocenters. The number of rotatable bonds is 5. The Morgan fingerprint density at radius 2 is 1.48 bits per heavy atom. The Bertz CT molecular complexity index is 1070. The first-order valence-corrected chi connectivity index (χ1v) is 8.86. The van der Waals surface area contributed by atoms with E-state index in [2.05, 4.69) is 12.1 Å². The van der Waals surface area contributed by atoms with Crippen LogP contribution in [0.15, 0.2) is 77.7 Å². The van der Waals surface area contributed by atoms with Crippen LogP contribution in [-0.4, -0.2) is 32.8 Å². The molecule has 150 valence electrons. The molecule has 1 aromatic heterocycles. The number of carbonyl (C=O) groups is 2. The molecule has 0 spiro atoms. The van der Waals surface area contributed by atoms with Crippen molar-refractivity contribution in [2.45, 2.75) is 19.5 Å². The highest BCUT2D eigenvalue weighted by Crippen LogP contribution is 2.26. The molecule has 0 saturated heterocycles. The van der Waals surface area contributed by atoms with Crippen molar-refractivity contribution >= 4 is 22.7 Å². The molecule has 0 fully saturated rings. The molecule has 2 aromatic carbocycles. The largest absolute Gasteiger partial charge is 0.478 e. The van der Waals surface area contributed by atoms with Crippen molar-refractivity contribution in [1.29, 1.82) is 0 Å². The van der Waals surface area contributed by atoms with E-state index in [-0.39, 0.29) is 11.6 Å². The van der Waals surface area contributed by atoms with Crippen molar-refractivity contribution in [1.82, 2.24) is 4.57 Å². The number of aliphatic carboxylic acids is 2. The molecule has 0 amide bonds. The van der Waals surface area contributed by atoms with E-state index in [4.69, 9.17) is 15.9 Å². The summed E-state index contributed by atoms with van der Waals surface area (Å²) in [6.45, 7) is 2.42. The summed E-state index contributed by atoms with van der Waals surface area (Å²) in [7, 11) is 0. The van der Waals surface area contributed by atoms with Crippen molar-refractivity contribution in [3.05, 3.63) is 83.3 Å². The predicted molar refractivity (Wildman–Crippen MR) is 112 cm³/mol. The summed E-state index contributed by atoms with van der Waals surface area (Å²) in [5.41, 5.74) is 8.05. The molecule has 3 rings (SSSR count). The molecule has 0 radical (unpaired) electrons. The first-order chi connectivity index (χ1) is 13.8. The second-order valence-corrected chi connectivity index (χ2v) is 6.40. The van der Waals surface area contributed by atoms with Gasteiger partial charge in [-0.2, -0.15) is 0 Å². The number of carboxylic acids is 2. The minimum Gasteiger partial charge on any atom is -0.478 e. The van der Waals surface area contributed by atoms with Crippen LogP contribution in [0.4, 0.5) is 0 Å². The van der Waals surface area contributed by atoms with E-state index < -0.39 is 11.9 Å². The lowest BCUT2D eigenvalue weighted by molar-refractivity contribution is -0.134. The second kappa shape index (κ2) is 10.0. The van der Waals surface area contributed by atoms with Crippen molar-refractivity contribution < 1.29 is 19.8 Å². The molecular formula is C22H22N2O5. The average Bonchev–Trinajstić information content (AvgIpc) is 2.69. The Morgan fingerprint density at radius 1 is 0.966 bits per heavy atom. The van der Waals surface area contributed by atoms with Crippen LogP contribution < -0.4 is 11.3 Å². The lowest BCUT2D eigenvalue weighted by Gasteiger charge is -2.14. The summed E-state index contributed by atoms with van der Waals surface area (Å²) in [5.74, 6) is -2.51. The van der Waals surface area contributed by atoms with E-state index in [1.165, 1.54) is 0 Å². The highest BCUT2D eigenvalue weighted by molar-refractivity contribution is 5.95. The lowest BCUT2D eigenvalue weighted by atomic mass is 10.0. The van der Waals surface area contributed by atoms with Gasteiger partial charge in [0.2, 0.25) is 0 Å². The predicted octanol–water partition coefficient (Wildman–Crippen LogP) is 2.73. The number of hydrogen-bond acceptors (Lipinski definition) is 4. The number of nitrogens with zero attached hydrogens (tertiary/aromatic N) is 1. The van der Waals surface area contributed by atoms with Gasteiger partial charge in [0.15, 0.2) is 0 Å². The summed E-state index contributed by atoms with van der Waals surface area (Å²) in [6.07, 6.45) is 3.04. The van der Waals surface area contributed by atoms with E-state index >= 15 is 0 Å². The Hall–Kier alpha value is -3.71. The molecule has 7 nitrogen and oxygen atoms in total. The summed E-state index contributed by atoms with van der Waals surface area (Å²) >= 11 is 0. The number of pyridine rings is 1. The molecule has 0 aliphatic heterocycles. The van der Waals surface area contributed by atoms with E-state index in [0.717, 1.165) is 21.9 Å². The van der Waals surface area contributed by atoms with Crippen LogP contribution in [0.2, 0.25) is 0 Å². The summed E-state index contributed by atoms with van der Waals surface area (Å²) in [4.78, 5) is 31.7. The van der Waals surface area contributed by atoms with E-state index in [1.54, 1.807) is 4.57 Å². The average molecular weight is 394 g/mol. The van der Waals surface area contributed by atoms with Gasteiger partial charge in [-0.25, -0.2) is 9.59 Å². The van der Waals surface area contributed by atoms with E-state index in [0.29, 0.717) is 18.7 Å². The van der Waals surface area contributed by atoms with Gasteiger partial charge in [0.05, 0.1) is 0 Å². The second-order valence-electron chi connectivity index (χ2n) is 6.40. The number of hydrogen-bond donors (Lipinski definition) is 3. The SMILES string of the molecule is CC(N)Cn1cc(-c2ccccc2)c2ccccc2c1=O.O=C(O)C=CC(=O)O. The highest BCUT2D eigenvalue weighted by atomic mass is 16.4. The minimum absolute atomic E-state index is 0.0163. The fourth-order valence-corrected chi connectivity index (χ4v) is 2.78. The monoisotopic (exact) mass is 394 g/mol. The zero-order valence-corrected chi connectivity index (χ0v) is 15.9. The standard InChI is InChI=1S/C18H18N2O.C4H4O4/c1-13(19)11-20-12-17(14-7-3-2-4-8-14)15-9-5-6-10-16(15)18(20)21;5-3(6)1-2-4(7)8/h2-10,12-13H,11,19H2,1H3;1-2H,(H,5,6)(H,7,8). The van der Waals surface area contributed by atoms with Gasteiger partial charge in [0, 0.05) is 41.9 Å². The molecule has 29 heavy (non-hydrogen) atoms. The first kappa shape index (κ1) is 21.6. The van der Waals surface area contributed by atoms with E-state index in [9.17, 15) is 14.4 Å². The maximum atomic E-state index is 12.6. The summed E-state index contributed by atoms with van der Waals surface area (Å²) < 4.78 is 1.72. The summed E-state index contributed by atoms with van der Waals surface area (Å²) in [6, 6.07) is 17.8. The third-order valence-electron chi connectivity index (χ3n) is 3.93. The molecular weight excluding hydrogens is 372 g/mol. The fraction of sp³-hybridized carbons (Fsp3) is 0.136. The number of aromatic nitrogens is 1. The molecule has 7 heteroatoms. The molecule has 0 aliphatic rings. The smallest absolute Gasteiger partial charge is 0.328 e. The van der Waals surface area contributed by atoms with E-state index in [1.807, 2.05) is 55.6 Å². The van der Waals surface area contributed by atoms with Crippen LogP contribution in [0, 0.1) is 0 Å². The van der Waals surface area contributed by atoms with Crippen molar-refractivity contribution in [2.75, 3.05) is 0 Å². The Labute approximate surface area is 167 Å². The minimum atomic E-state index is -1.26. The number of carboxylic acid groups (broad SMARTS) is 2. The fourth-order valence-electron chi connectivity index (χ4n) is 2.78. The molecule has 4 N–H and O–H groups in total. The molecule has 0 aliphatic carbocycles. The third-order valence-corrected chi connectivity index (χ3v) is 3.93. The van der Waals surface area contributed by atoms with Crippen LogP contribution in [-0.2, 0) is 16.1 Å². The Balaban J connectivity index is 0.000000321. The Kier molecular flexibility index (Phi) is 7.45. The van der Waals surface area contributed by atoms with Gasteiger partial charge in [-0.3, -0.25) is 4.79 Å². The zero-order valence-electron chi connectivity index (χ0n) is 15.9. The zero-order chi connectivity index (χ0) is 21.4. The van der Waals surface area contributed by atoms with Gasteiger partial charge in [-0.1, -0.05) is 48.5 Å². The van der Waals surface area contributed by atoms with Crippen LogP contribution in [0.3, 0.4) is 0 Å². The normalized spacial score (nSPS) is 11.7. The number of benzene rings is 2. The van der Waals surface area contributed by atoms with Gasteiger partial charge in [0.25, 0.3) is 5.56 Å². The maximum absolute atomic E-state index is 12.6. The maximum Gasteiger partial charge on any atom is 0.328 e. The van der Waals surface area contributed by atoms with Gasteiger partial charge >= 0.3 is 11.9 Å². The first-order valence-electron chi connectivity index (χ1n) is 8.86. The van der Waals surface area contributed by atoms with Crippen LogP contribution in [0.25, 0.3) is 21.9 Å². The topological polar surface area (TPSA) is 123 Å². The van der Waals surface area contributed by atoms with Gasteiger partial charge < -0.3 is 20.5 Å². The molecule has 0 bridgehead atoms. The molecule has 3 aromatic rings. The van der Waals surface area contributed by atoms with Gasteiger partial charge in [-0.05, 0) is 23.9 Å². The number of fused-ring (bicyclic) bond motifs is 1. The molecule has 1 heterocycles. The lowest BCUT2D eigenvalue weighted by Crippen LogP contribution is -2.29. The Morgan fingerprint density at radius 3 is 2.00 bits per heavy atom. The molecule has 1 unspecified atom stereocenters. The summed E-state index contributed by atoms with van der Waals surface area (Å²) in [5, 5.41) is 17.3. The highest BCUT2D eigenvalue weighted by Gasteiger charge is 2.10. The third kappa shape index (κ3) is 6.15. The van der Waals surface area contributed by atoms with Crippen molar-refractivity contribution in [3.8, 4) is 11.1 Å². The van der Waals surface area contributed by atoms with Crippen molar-refractivity contribution in [3.63, 3.8) is 0 Å². The van der Waals surface area contributed by atoms with Crippen LogP contribution >= 0.6 is 0 Å².